The maximum Gasteiger partial charge on any atom is 0.263 e. The van der Waals surface area contributed by atoms with Crippen molar-refractivity contribution in [3.05, 3.63) is 42.1 Å². The van der Waals surface area contributed by atoms with Crippen LogP contribution in [-0.4, -0.2) is 22.7 Å². The van der Waals surface area contributed by atoms with Gasteiger partial charge in [-0.2, -0.15) is 5.10 Å². The third kappa shape index (κ3) is 3.35. The molecule has 0 radical (unpaired) electrons. The van der Waals surface area contributed by atoms with Gasteiger partial charge in [0.05, 0.1) is 6.20 Å². The first kappa shape index (κ1) is 12.2. The van der Waals surface area contributed by atoms with Crippen LogP contribution in [0.4, 0.5) is 5.82 Å². The first-order valence-electron chi connectivity index (χ1n) is 5.79. The van der Waals surface area contributed by atoms with Crippen molar-refractivity contribution >= 4 is 11.7 Å². The molecule has 5 heteroatoms. The lowest BCUT2D eigenvalue weighted by Gasteiger charge is -2.06. The summed E-state index contributed by atoms with van der Waals surface area (Å²) in [7, 11) is 0. The summed E-state index contributed by atoms with van der Waals surface area (Å²) >= 11 is 0. The van der Waals surface area contributed by atoms with Gasteiger partial charge >= 0.3 is 0 Å². The number of carbonyl (C=O) groups is 1. The van der Waals surface area contributed by atoms with Crippen LogP contribution in [0.2, 0.25) is 0 Å². The molecule has 0 aliphatic carbocycles. The molecule has 0 saturated carbocycles. The number of anilines is 1. The van der Waals surface area contributed by atoms with E-state index in [1.807, 2.05) is 24.3 Å². The van der Waals surface area contributed by atoms with E-state index in [1.165, 1.54) is 5.56 Å². The molecule has 0 bridgehead atoms. The lowest BCUT2D eigenvalue weighted by Crippen LogP contribution is -2.20. The number of carbonyl (C=O) groups excluding carboxylic acids is 1. The van der Waals surface area contributed by atoms with Gasteiger partial charge in [0.2, 0.25) is 0 Å². The second-order valence-corrected chi connectivity index (χ2v) is 3.80. The van der Waals surface area contributed by atoms with Crippen LogP contribution in [0.3, 0.4) is 0 Å². The van der Waals surface area contributed by atoms with Crippen molar-refractivity contribution in [2.24, 2.45) is 0 Å². The number of benzene rings is 1. The fourth-order valence-corrected chi connectivity index (χ4v) is 1.48. The molecule has 5 nitrogen and oxygen atoms in total. The summed E-state index contributed by atoms with van der Waals surface area (Å²) < 4.78 is 5.37. The largest absolute Gasteiger partial charge is 0.484 e. The molecule has 0 aliphatic rings. The summed E-state index contributed by atoms with van der Waals surface area (Å²) in [6, 6.07) is 9.38. The summed E-state index contributed by atoms with van der Waals surface area (Å²) in [4.78, 5) is 11.5. The highest BCUT2D eigenvalue weighted by atomic mass is 16.5. The molecule has 1 aromatic carbocycles. The summed E-state index contributed by atoms with van der Waals surface area (Å²) in [6.07, 6.45) is 2.56. The van der Waals surface area contributed by atoms with Crippen LogP contribution in [0.5, 0.6) is 5.75 Å². The molecule has 0 fully saturated rings. The number of aryl methyl sites for hydroxylation is 1. The number of amides is 1. The Morgan fingerprint density at radius 1 is 1.33 bits per heavy atom. The van der Waals surface area contributed by atoms with E-state index in [0.29, 0.717) is 11.6 Å². The van der Waals surface area contributed by atoms with Gasteiger partial charge in [0.25, 0.3) is 5.91 Å². The monoisotopic (exact) mass is 245 g/mol. The third-order valence-corrected chi connectivity index (χ3v) is 2.48. The number of H-pyrrole nitrogens is 1. The summed E-state index contributed by atoms with van der Waals surface area (Å²) in [5, 5.41) is 9.01. The Labute approximate surface area is 105 Å². The van der Waals surface area contributed by atoms with Gasteiger partial charge in [-0.1, -0.05) is 19.1 Å². The van der Waals surface area contributed by atoms with E-state index in [9.17, 15) is 4.79 Å². The van der Waals surface area contributed by atoms with Crippen molar-refractivity contribution in [1.29, 1.82) is 0 Å². The predicted molar refractivity (Wildman–Crippen MR) is 68.5 cm³/mol. The standard InChI is InChI=1S/C13H15N3O2/c1-2-10-3-5-11(6-4-10)18-9-13(17)15-12-7-8-14-16-12/h3-8H,2,9H2,1H3,(H2,14,15,16,17). The van der Waals surface area contributed by atoms with Crippen molar-refractivity contribution in [1.82, 2.24) is 10.2 Å². The van der Waals surface area contributed by atoms with Gasteiger partial charge in [-0.15, -0.1) is 0 Å². The molecule has 18 heavy (non-hydrogen) atoms. The van der Waals surface area contributed by atoms with Crippen LogP contribution in [0.25, 0.3) is 0 Å². The minimum Gasteiger partial charge on any atom is -0.484 e. The van der Waals surface area contributed by atoms with Crippen molar-refractivity contribution in [2.75, 3.05) is 11.9 Å². The zero-order chi connectivity index (χ0) is 12.8. The number of aromatic nitrogens is 2. The topological polar surface area (TPSA) is 67.0 Å². The summed E-state index contributed by atoms with van der Waals surface area (Å²) in [5.74, 6) is 1.02. The van der Waals surface area contributed by atoms with Gasteiger partial charge in [-0.3, -0.25) is 9.89 Å². The number of ether oxygens (including phenoxy) is 1. The minimum absolute atomic E-state index is 0.0233. The molecular weight excluding hydrogens is 230 g/mol. The average molecular weight is 245 g/mol. The maximum absolute atomic E-state index is 11.5. The Bertz CT molecular complexity index is 491. The summed E-state index contributed by atoms with van der Waals surface area (Å²) in [6.45, 7) is 2.07. The molecule has 0 atom stereocenters. The van der Waals surface area contributed by atoms with Crippen LogP contribution in [-0.2, 0) is 11.2 Å². The number of rotatable bonds is 5. The molecule has 0 saturated heterocycles. The van der Waals surface area contributed by atoms with Crippen LogP contribution >= 0.6 is 0 Å². The first-order valence-corrected chi connectivity index (χ1v) is 5.79. The SMILES string of the molecule is CCc1ccc(OCC(=O)Nc2ccn[nH]2)cc1. The molecule has 0 spiro atoms. The molecule has 1 aromatic heterocycles. The Morgan fingerprint density at radius 3 is 2.72 bits per heavy atom. The Hall–Kier alpha value is -2.30. The Morgan fingerprint density at radius 2 is 2.11 bits per heavy atom. The van der Waals surface area contributed by atoms with Crippen molar-refractivity contribution in [3.63, 3.8) is 0 Å². The molecule has 94 valence electrons. The molecule has 1 heterocycles. The number of hydrogen-bond acceptors (Lipinski definition) is 3. The van der Waals surface area contributed by atoms with Gasteiger partial charge in [0.15, 0.2) is 6.61 Å². The van der Waals surface area contributed by atoms with E-state index in [0.717, 1.165) is 6.42 Å². The molecule has 0 unspecified atom stereocenters. The normalized spacial score (nSPS) is 10.1. The predicted octanol–water partition coefficient (Wildman–Crippen LogP) is 1.99. The van der Waals surface area contributed by atoms with E-state index in [2.05, 4.69) is 22.4 Å². The zero-order valence-electron chi connectivity index (χ0n) is 10.1. The number of nitrogens with zero attached hydrogens (tertiary/aromatic N) is 1. The van der Waals surface area contributed by atoms with E-state index in [-0.39, 0.29) is 12.5 Å². The van der Waals surface area contributed by atoms with Crippen LogP contribution in [0.1, 0.15) is 12.5 Å². The quantitative estimate of drug-likeness (QED) is 0.846. The molecule has 0 aliphatic heterocycles. The van der Waals surface area contributed by atoms with Gasteiger partial charge in [0.1, 0.15) is 11.6 Å². The number of hydrogen-bond donors (Lipinski definition) is 2. The highest BCUT2D eigenvalue weighted by Crippen LogP contribution is 2.12. The van der Waals surface area contributed by atoms with Crippen LogP contribution in [0.15, 0.2) is 36.5 Å². The highest BCUT2D eigenvalue weighted by Gasteiger charge is 2.04. The fraction of sp³-hybridized carbons (Fsp3) is 0.231. The van der Waals surface area contributed by atoms with Gasteiger partial charge in [-0.05, 0) is 24.1 Å². The van der Waals surface area contributed by atoms with Crippen molar-refractivity contribution < 1.29 is 9.53 Å². The molecule has 2 aromatic rings. The van der Waals surface area contributed by atoms with Gasteiger partial charge in [-0.25, -0.2) is 0 Å². The lowest BCUT2D eigenvalue weighted by molar-refractivity contribution is -0.118. The van der Waals surface area contributed by atoms with E-state index >= 15 is 0 Å². The third-order valence-electron chi connectivity index (χ3n) is 2.48. The minimum atomic E-state index is -0.223. The van der Waals surface area contributed by atoms with Gasteiger partial charge < -0.3 is 10.1 Å². The van der Waals surface area contributed by atoms with Crippen molar-refractivity contribution in [3.8, 4) is 5.75 Å². The first-order chi connectivity index (χ1) is 8.78. The summed E-state index contributed by atoms with van der Waals surface area (Å²) in [5.41, 5.74) is 1.24. The van der Waals surface area contributed by atoms with Crippen molar-refractivity contribution in [2.45, 2.75) is 13.3 Å². The number of nitrogens with one attached hydrogen (secondary N) is 2. The van der Waals surface area contributed by atoms with E-state index in [4.69, 9.17) is 4.74 Å². The smallest absolute Gasteiger partial charge is 0.263 e. The Balaban J connectivity index is 1.81. The zero-order valence-corrected chi connectivity index (χ0v) is 10.1. The van der Waals surface area contributed by atoms with E-state index < -0.39 is 0 Å². The number of aromatic amines is 1. The molecular formula is C13H15N3O2. The second kappa shape index (κ2) is 5.86. The lowest BCUT2D eigenvalue weighted by atomic mass is 10.2. The van der Waals surface area contributed by atoms with Gasteiger partial charge in [0, 0.05) is 6.07 Å². The fourth-order valence-electron chi connectivity index (χ4n) is 1.48. The average Bonchev–Trinajstić information content (AvgIpc) is 2.90. The van der Waals surface area contributed by atoms with Crippen LogP contribution in [0, 0.1) is 0 Å². The maximum atomic E-state index is 11.5. The Kier molecular flexibility index (Phi) is 3.96. The van der Waals surface area contributed by atoms with Crippen LogP contribution < -0.4 is 10.1 Å². The second-order valence-electron chi connectivity index (χ2n) is 3.80. The highest BCUT2D eigenvalue weighted by molar-refractivity contribution is 5.90. The van der Waals surface area contributed by atoms with E-state index in [1.54, 1.807) is 12.3 Å². The molecule has 1 amide bonds. The molecule has 2 N–H and O–H groups in total. The molecule has 2 rings (SSSR count).